The van der Waals surface area contributed by atoms with Crippen LogP contribution in [0.5, 0.6) is 0 Å². The van der Waals surface area contributed by atoms with Gasteiger partial charge in [0.2, 0.25) is 0 Å². The van der Waals surface area contributed by atoms with Crippen molar-refractivity contribution in [2.75, 3.05) is 0 Å². The van der Waals surface area contributed by atoms with Crippen LogP contribution in [-0.4, -0.2) is 23.4 Å². The second-order valence-corrected chi connectivity index (χ2v) is 5.85. The van der Waals surface area contributed by atoms with Crippen LogP contribution in [0.2, 0.25) is 0 Å². The van der Waals surface area contributed by atoms with E-state index in [2.05, 4.69) is 0 Å². The fourth-order valence-corrected chi connectivity index (χ4v) is 2.97. The maximum absolute atomic E-state index is 9.86. The Labute approximate surface area is 106 Å². The molecule has 0 bridgehead atoms. The Kier molecular flexibility index (Phi) is 5.79. The maximum Gasteiger partial charge on any atom is 0.0842 e. The van der Waals surface area contributed by atoms with Gasteiger partial charge in [0.15, 0.2) is 0 Å². The third-order valence-corrected chi connectivity index (χ3v) is 4.25. The molecule has 2 rings (SSSR count). The molecule has 0 spiro atoms. The van der Waals surface area contributed by atoms with Gasteiger partial charge in [0.25, 0.3) is 0 Å². The van der Waals surface area contributed by atoms with Gasteiger partial charge in [-0.25, -0.2) is 0 Å². The molecule has 1 heterocycles. The number of aliphatic hydroxyl groups is 1. The SMILES string of the molecule is OC1CCCCCCCCCCC2OC2CC1. The molecule has 1 saturated carbocycles. The van der Waals surface area contributed by atoms with E-state index in [-0.39, 0.29) is 6.10 Å². The van der Waals surface area contributed by atoms with Crippen molar-refractivity contribution in [2.45, 2.75) is 95.4 Å². The lowest BCUT2D eigenvalue weighted by molar-refractivity contribution is 0.144. The minimum Gasteiger partial charge on any atom is -0.393 e. The zero-order valence-electron chi connectivity index (χ0n) is 11.1. The van der Waals surface area contributed by atoms with Crippen molar-refractivity contribution in [3.63, 3.8) is 0 Å². The summed E-state index contributed by atoms with van der Waals surface area (Å²) in [4.78, 5) is 0. The molecule has 1 aliphatic heterocycles. The van der Waals surface area contributed by atoms with Crippen LogP contribution in [0.4, 0.5) is 0 Å². The van der Waals surface area contributed by atoms with Crippen molar-refractivity contribution < 1.29 is 9.84 Å². The van der Waals surface area contributed by atoms with Crippen LogP contribution in [0.3, 0.4) is 0 Å². The first-order chi connectivity index (χ1) is 8.36. The summed E-state index contributed by atoms with van der Waals surface area (Å²) >= 11 is 0. The normalized spacial score (nSPS) is 37.6. The van der Waals surface area contributed by atoms with Crippen molar-refractivity contribution in [1.82, 2.24) is 0 Å². The molecule has 3 unspecified atom stereocenters. The first-order valence-electron chi connectivity index (χ1n) is 7.70. The third kappa shape index (κ3) is 5.39. The van der Waals surface area contributed by atoms with Crippen LogP contribution in [0.25, 0.3) is 0 Å². The quantitative estimate of drug-likeness (QED) is 0.653. The molecule has 1 aliphatic carbocycles. The Morgan fingerprint density at radius 3 is 1.82 bits per heavy atom. The van der Waals surface area contributed by atoms with Crippen LogP contribution < -0.4 is 0 Å². The average molecular weight is 240 g/mol. The predicted octanol–water partition coefficient (Wildman–Crippen LogP) is 3.81. The Morgan fingerprint density at radius 1 is 0.588 bits per heavy atom. The summed E-state index contributed by atoms with van der Waals surface area (Å²) in [5.41, 5.74) is 0. The lowest BCUT2D eigenvalue weighted by Crippen LogP contribution is -2.08. The van der Waals surface area contributed by atoms with E-state index in [4.69, 9.17) is 4.74 Å². The van der Waals surface area contributed by atoms with E-state index >= 15 is 0 Å². The number of rotatable bonds is 0. The highest BCUT2D eigenvalue weighted by Crippen LogP contribution is 2.32. The highest BCUT2D eigenvalue weighted by atomic mass is 16.6. The molecule has 17 heavy (non-hydrogen) atoms. The minimum atomic E-state index is -0.0787. The Morgan fingerprint density at radius 2 is 1.12 bits per heavy atom. The van der Waals surface area contributed by atoms with Gasteiger partial charge in [-0.05, 0) is 25.7 Å². The molecule has 0 aromatic heterocycles. The van der Waals surface area contributed by atoms with Crippen molar-refractivity contribution in [1.29, 1.82) is 0 Å². The summed E-state index contributed by atoms with van der Waals surface area (Å²) < 4.78 is 5.65. The van der Waals surface area contributed by atoms with E-state index in [1.165, 1.54) is 57.8 Å². The fourth-order valence-electron chi connectivity index (χ4n) is 2.97. The molecule has 0 aromatic rings. The molecule has 0 amide bonds. The first-order valence-corrected chi connectivity index (χ1v) is 7.70. The predicted molar refractivity (Wildman–Crippen MR) is 70.1 cm³/mol. The highest BCUT2D eigenvalue weighted by molar-refractivity contribution is 4.85. The largest absolute Gasteiger partial charge is 0.393 e. The number of epoxide rings is 1. The monoisotopic (exact) mass is 240 g/mol. The second kappa shape index (κ2) is 7.38. The molecule has 2 heteroatoms. The fraction of sp³-hybridized carbons (Fsp3) is 1.00. The van der Waals surface area contributed by atoms with Gasteiger partial charge in [0, 0.05) is 0 Å². The molecule has 0 radical (unpaired) electrons. The summed E-state index contributed by atoms with van der Waals surface area (Å²) in [5, 5.41) is 9.86. The molecule has 2 nitrogen and oxygen atoms in total. The van der Waals surface area contributed by atoms with Gasteiger partial charge in [-0.2, -0.15) is 0 Å². The van der Waals surface area contributed by atoms with Gasteiger partial charge in [0.1, 0.15) is 0 Å². The van der Waals surface area contributed by atoms with Gasteiger partial charge >= 0.3 is 0 Å². The molecule has 0 aromatic carbocycles. The molecular formula is C15H28O2. The molecule has 2 fully saturated rings. The van der Waals surface area contributed by atoms with E-state index in [0.717, 1.165) is 19.3 Å². The van der Waals surface area contributed by atoms with E-state index in [1.807, 2.05) is 0 Å². The Bertz CT molecular complexity index is 201. The number of aliphatic hydroxyl groups excluding tert-OH is 1. The van der Waals surface area contributed by atoms with Gasteiger partial charge < -0.3 is 9.84 Å². The second-order valence-electron chi connectivity index (χ2n) is 5.85. The van der Waals surface area contributed by atoms with E-state index in [9.17, 15) is 5.11 Å². The zero-order chi connectivity index (χ0) is 11.9. The van der Waals surface area contributed by atoms with Crippen molar-refractivity contribution >= 4 is 0 Å². The summed E-state index contributed by atoms with van der Waals surface area (Å²) in [6.07, 6.45) is 16.0. The number of hydrogen-bond acceptors (Lipinski definition) is 2. The molecule has 2 aliphatic rings. The van der Waals surface area contributed by atoms with E-state index < -0.39 is 0 Å². The van der Waals surface area contributed by atoms with Crippen LogP contribution in [0.1, 0.15) is 77.0 Å². The van der Waals surface area contributed by atoms with Gasteiger partial charge in [0.05, 0.1) is 18.3 Å². The summed E-state index contributed by atoms with van der Waals surface area (Å²) in [6, 6.07) is 0. The summed E-state index contributed by atoms with van der Waals surface area (Å²) in [5.74, 6) is 0. The minimum absolute atomic E-state index is 0.0787. The molecule has 100 valence electrons. The molecule has 1 saturated heterocycles. The van der Waals surface area contributed by atoms with Crippen molar-refractivity contribution in [3.05, 3.63) is 0 Å². The lowest BCUT2D eigenvalue weighted by Gasteiger charge is -2.09. The smallest absolute Gasteiger partial charge is 0.0842 e. The Balaban J connectivity index is 1.66. The summed E-state index contributed by atoms with van der Waals surface area (Å²) in [6.45, 7) is 0. The van der Waals surface area contributed by atoms with Gasteiger partial charge in [-0.1, -0.05) is 51.4 Å². The zero-order valence-corrected chi connectivity index (χ0v) is 11.1. The van der Waals surface area contributed by atoms with Gasteiger partial charge in [-0.3, -0.25) is 0 Å². The van der Waals surface area contributed by atoms with Crippen molar-refractivity contribution in [3.8, 4) is 0 Å². The molecule has 1 N–H and O–H groups in total. The van der Waals surface area contributed by atoms with Gasteiger partial charge in [-0.15, -0.1) is 0 Å². The third-order valence-electron chi connectivity index (χ3n) is 4.25. The Hall–Kier alpha value is -0.0800. The number of ether oxygens (including phenoxy) is 1. The van der Waals surface area contributed by atoms with Crippen LogP contribution >= 0.6 is 0 Å². The molecular weight excluding hydrogens is 212 g/mol. The summed E-state index contributed by atoms with van der Waals surface area (Å²) in [7, 11) is 0. The van der Waals surface area contributed by atoms with Crippen LogP contribution in [0.15, 0.2) is 0 Å². The average Bonchev–Trinajstić information content (AvgIpc) is 3.06. The van der Waals surface area contributed by atoms with Crippen molar-refractivity contribution in [2.24, 2.45) is 0 Å². The lowest BCUT2D eigenvalue weighted by atomic mass is 10.0. The van der Waals surface area contributed by atoms with Crippen LogP contribution in [-0.2, 0) is 4.74 Å². The topological polar surface area (TPSA) is 32.8 Å². The standard InChI is InChI=1S/C15H28O2/c16-13-9-7-5-3-1-2-4-6-8-10-14-15(17-14)12-11-13/h13-16H,1-12H2. The van der Waals surface area contributed by atoms with E-state index in [0.29, 0.717) is 12.2 Å². The number of fused-ring (bicyclic) bond motifs is 1. The van der Waals surface area contributed by atoms with Crippen LogP contribution in [0, 0.1) is 0 Å². The first kappa shape index (κ1) is 13.4. The maximum atomic E-state index is 9.86. The highest BCUT2D eigenvalue weighted by Gasteiger charge is 2.37. The van der Waals surface area contributed by atoms with E-state index in [1.54, 1.807) is 0 Å². The number of hydrogen-bond donors (Lipinski definition) is 1. The molecule has 3 atom stereocenters.